The lowest BCUT2D eigenvalue weighted by Gasteiger charge is -2.40. The predicted octanol–water partition coefficient (Wildman–Crippen LogP) is -0.749. The van der Waals surface area contributed by atoms with Gasteiger partial charge in [0.25, 0.3) is 5.56 Å². The van der Waals surface area contributed by atoms with Crippen LogP contribution >= 0.6 is 0 Å². The Morgan fingerprint density at radius 1 is 1.22 bits per heavy atom. The van der Waals surface area contributed by atoms with Crippen molar-refractivity contribution in [2.45, 2.75) is 44.5 Å². The second-order valence-electron chi connectivity index (χ2n) is 6.66. The van der Waals surface area contributed by atoms with E-state index in [1.54, 1.807) is 25.1 Å². The second kappa shape index (κ2) is 7.37. The van der Waals surface area contributed by atoms with E-state index in [-0.39, 0.29) is 11.3 Å². The van der Waals surface area contributed by atoms with E-state index in [0.717, 1.165) is 0 Å². The molecule has 0 bridgehead atoms. The quantitative estimate of drug-likeness (QED) is 0.380. The number of aryl methyl sites for hydroxylation is 1. The Labute approximate surface area is 154 Å². The summed E-state index contributed by atoms with van der Waals surface area (Å²) in [5, 5.41) is 42.6. The van der Waals surface area contributed by atoms with Gasteiger partial charge in [-0.15, -0.1) is 0 Å². The Bertz CT molecular complexity index is 924. The predicted molar refractivity (Wildman–Crippen MR) is 96.7 cm³/mol. The molecule has 27 heavy (non-hydrogen) atoms. The number of Topliss-reactive ketones (excluding diaryl/α,β-unsaturated/α-hetero) is 1. The Kier molecular flexibility index (Phi) is 5.31. The summed E-state index contributed by atoms with van der Waals surface area (Å²) >= 11 is 0. The van der Waals surface area contributed by atoms with Crippen LogP contribution in [0.15, 0.2) is 23.0 Å². The van der Waals surface area contributed by atoms with E-state index in [1.807, 2.05) is 0 Å². The van der Waals surface area contributed by atoms with Crippen LogP contribution in [0.5, 0.6) is 0 Å². The van der Waals surface area contributed by atoms with Gasteiger partial charge in [0.1, 0.15) is 24.4 Å². The summed E-state index contributed by atoms with van der Waals surface area (Å²) in [6.07, 6.45) is -6.47. The van der Waals surface area contributed by atoms with Crippen molar-refractivity contribution >= 4 is 22.4 Å². The normalized spacial score (nSPS) is 28.3. The van der Waals surface area contributed by atoms with E-state index < -0.39 is 42.8 Å². The first-order valence-corrected chi connectivity index (χ1v) is 8.49. The number of hydrogen-bond acceptors (Lipinski definition) is 8. The van der Waals surface area contributed by atoms with Crippen molar-refractivity contribution in [3.05, 3.63) is 39.7 Å². The minimum atomic E-state index is -1.49. The van der Waals surface area contributed by atoms with E-state index in [2.05, 4.69) is 10.3 Å². The van der Waals surface area contributed by atoms with Crippen LogP contribution in [-0.4, -0.2) is 68.4 Å². The fourth-order valence-corrected chi connectivity index (χ4v) is 3.36. The maximum absolute atomic E-state index is 12.2. The Hall–Kier alpha value is -2.30. The monoisotopic (exact) mass is 378 g/mol. The molecule has 9 heteroatoms. The number of carbonyl (C=O) groups excluding carboxylic acids is 1. The number of carbonyl (C=O) groups is 1. The lowest BCUT2D eigenvalue weighted by molar-refractivity contribution is -0.221. The average molecular weight is 378 g/mol. The van der Waals surface area contributed by atoms with E-state index in [9.17, 15) is 30.0 Å². The van der Waals surface area contributed by atoms with Gasteiger partial charge in [0.2, 0.25) is 0 Å². The smallest absolute Gasteiger partial charge is 0.259 e. The summed E-state index contributed by atoms with van der Waals surface area (Å²) in [5.41, 5.74) is 1.14. The number of ether oxygens (including phenoxy) is 1. The number of anilines is 1. The third kappa shape index (κ3) is 3.47. The molecule has 1 aliphatic heterocycles. The van der Waals surface area contributed by atoms with Gasteiger partial charge in [0.05, 0.1) is 17.7 Å². The number of benzene rings is 1. The number of aromatic amines is 1. The molecule has 0 unspecified atom stereocenters. The van der Waals surface area contributed by atoms with Gasteiger partial charge in [-0.05, 0) is 31.5 Å². The van der Waals surface area contributed by atoms with Crippen molar-refractivity contribution < 1.29 is 30.0 Å². The fourth-order valence-electron chi connectivity index (χ4n) is 3.36. The number of rotatable bonds is 4. The topological polar surface area (TPSA) is 152 Å². The van der Waals surface area contributed by atoms with Crippen LogP contribution in [0.25, 0.3) is 10.9 Å². The van der Waals surface area contributed by atoms with E-state index >= 15 is 0 Å². The van der Waals surface area contributed by atoms with Gasteiger partial charge in [-0.1, -0.05) is 6.07 Å². The van der Waals surface area contributed by atoms with Crippen molar-refractivity contribution in [3.8, 4) is 0 Å². The molecule has 0 aliphatic carbocycles. The molecule has 1 aromatic heterocycles. The third-order valence-corrected chi connectivity index (χ3v) is 4.83. The van der Waals surface area contributed by atoms with Crippen LogP contribution in [0.1, 0.15) is 22.8 Å². The van der Waals surface area contributed by atoms with Gasteiger partial charge in [0.15, 0.2) is 12.0 Å². The van der Waals surface area contributed by atoms with Crippen molar-refractivity contribution in [2.24, 2.45) is 0 Å². The zero-order valence-corrected chi connectivity index (χ0v) is 14.8. The van der Waals surface area contributed by atoms with E-state index in [1.165, 1.54) is 6.92 Å². The molecule has 5 atom stereocenters. The molecular weight excluding hydrogens is 356 g/mol. The molecule has 0 spiro atoms. The van der Waals surface area contributed by atoms with Crippen LogP contribution < -0.4 is 10.9 Å². The molecular formula is C18H22N2O7. The van der Waals surface area contributed by atoms with Gasteiger partial charge < -0.3 is 35.5 Å². The first-order chi connectivity index (χ1) is 12.7. The average Bonchev–Trinajstić information content (AvgIpc) is 2.61. The molecule has 0 radical (unpaired) electrons. The van der Waals surface area contributed by atoms with Crippen LogP contribution in [0, 0.1) is 6.92 Å². The molecule has 0 saturated carbocycles. The SMILES string of the molecule is CC(=O)c1c(C)c2ccc(N[C@H]3O[C@H](CO)[C@@H](O)[C@H](O)[C@H]3O)cc2[nH]c1=O. The van der Waals surface area contributed by atoms with E-state index in [4.69, 9.17) is 4.74 Å². The molecule has 1 fully saturated rings. The van der Waals surface area contributed by atoms with Crippen LogP contribution in [0.4, 0.5) is 5.69 Å². The number of nitrogens with one attached hydrogen (secondary N) is 2. The molecule has 3 rings (SSSR count). The first-order valence-electron chi connectivity index (χ1n) is 8.49. The highest BCUT2D eigenvalue weighted by Crippen LogP contribution is 2.25. The summed E-state index contributed by atoms with van der Waals surface area (Å²) in [6, 6.07) is 4.98. The zero-order chi connectivity index (χ0) is 19.9. The molecule has 1 saturated heterocycles. The van der Waals surface area contributed by atoms with Crippen molar-refractivity contribution in [3.63, 3.8) is 0 Å². The van der Waals surface area contributed by atoms with Crippen molar-refractivity contribution in [2.75, 3.05) is 11.9 Å². The standard InChI is InChI=1S/C18H22N2O7/c1-7-10-4-3-9(5-11(10)20-17(26)13(7)8(2)22)19-18-16(25)15(24)14(23)12(6-21)27-18/h3-5,12,14-16,18-19,21,23-25H,6H2,1-2H3,(H,20,26)/t12-,14-,15+,16-,18+/m1/s1. The maximum atomic E-state index is 12.2. The number of hydrogen-bond donors (Lipinski definition) is 6. The number of aromatic nitrogens is 1. The minimum absolute atomic E-state index is 0.108. The fraction of sp³-hybridized carbons (Fsp3) is 0.444. The third-order valence-electron chi connectivity index (χ3n) is 4.83. The molecule has 2 aromatic rings. The lowest BCUT2D eigenvalue weighted by Crippen LogP contribution is -2.60. The molecule has 0 amide bonds. The number of ketones is 1. The number of fused-ring (bicyclic) bond motifs is 1. The Balaban J connectivity index is 1.93. The zero-order valence-electron chi connectivity index (χ0n) is 14.8. The molecule has 1 aliphatic rings. The van der Waals surface area contributed by atoms with Gasteiger partial charge >= 0.3 is 0 Å². The second-order valence-corrected chi connectivity index (χ2v) is 6.66. The van der Waals surface area contributed by atoms with Crippen LogP contribution in [-0.2, 0) is 4.74 Å². The Morgan fingerprint density at radius 3 is 2.56 bits per heavy atom. The first kappa shape index (κ1) is 19.5. The molecule has 1 aromatic carbocycles. The maximum Gasteiger partial charge on any atom is 0.259 e. The highest BCUT2D eigenvalue weighted by atomic mass is 16.6. The lowest BCUT2D eigenvalue weighted by atomic mass is 9.98. The number of aliphatic hydroxyl groups is 4. The number of aliphatic hydroxyl groups excluding tert-OH is 4. The van der Waals surface area contributed by atoms with Gasteiger partial charge in [-0.2, -0.15) is 0 Å². The summed E-state index contributed by atoms with van der Waals surface area (Å²) in [4.78, 5) is 26.5. The van der Waals surface area contributed by atoms with Crippen molar-refractivity contribution in [1.82, 2.24) is 4.98 Å². The van der Waals surface area contributed by atoms with E-state index in [0.29, 0.717) is 22.2 Å². The molecule has 9 nitrogen and oxygen atoms in total. The molecule has 2 heterocycles. The van der Waals surface area contributed by atoms with Crippen molar-refractivity contribution in [1.29, 1.82) is 0 Å². The minimum Gasteiger partial charge on any atom is -0.394 e. The summed E-state index contributed by atoms with van der Waals surface area (Å²) < 4.78 is 5.41. The highest BCUT2D eigenvalue weighted by Gasteiger charge is 2.43. The Morgan fingerprint density at radius 2 is 1.93 bits per heavy atom. The highest BCUT2D eigenvalue weighted by molar-refractivity contribution is 6.00. The van der Waals surface area contributed by atoms with Gasteiger partial charge in [-0.3, -0.25) is 9.59 Å². The summed E-state index contributed by atoms with van der Waals surface area (Å²) in [7, 11) is 0. The molecule has 6 N–H and O–H groups in total. The largest absolute Gasteiger partial charge is 0.394 e. The number of H-pyrrole nitrogens is 1. The molecule has 146 valence electrons. The summed E-state index contributed by atoms with van der Waals surface area (Å²) in [6.45, 7) is 2.50. The van der Waals surface area contributed by atoms with Gasteiger partial charge in [-0.25, -0.2) is 0 Å². The van der Waals surface area contributed by atoms with Crippen LogP contribution in [0.3, 0.4) is 0 Å². The number of pyridine rings is 1. The van der Waals surface area contributed by atoms with Gasteiger partial charge in [0, 0.05) is 11.1 Å². The van der Waals surface area contributed by atoms with Crippen LogP contribution in [0.2, 0.25) is 0 Å². The summed E-state index contributed by atoms with van der Waals surface area (Å²) in [5.74, 6) is -0.320.